The van der Waals surface area contributed by atoms with E-state index in [9.17, 15) is 9.59 Å². The van der Waals surface area contributed by atoms with Crippen molar-refractivity contribution in [3.05, 3.63) is 23.8 Å². The molecule has 0 spiro atoms. The molecule has 0 radical (unpaired) electrons. The van der Waals surface area contributed by atoms with Crippen LogP contribution in [0.3, 0.4) is 0 Å². The van der Waals surface area contributed by atoms with Crippen LogP contribution in [0.2, 0.25) is 0 Å². The second kappa shape index (κ2) is 6.97. The Hall–Kier alpha value is -2.24. The number of hydrogen-bond acceptors (Lipinski definition) is 5. The summed E-state index contributed by atoms with van der Waals surface area (Å²) in [7, 11) is 1.31. The fourth-order valence-corrected chi connectivity index (χ4v) is 1.83. The van der Waals surface area contributed by atoms with Gasteiger partial charge in [-0.05, 0) is 32.9 Å². The Balaban J connectivity index is 2.68. The zero-order valence-corrected chi connectivity index (χ0v) is 12.9. The number of nitrogens with one attached hydrogen (secondary N) is 2. The largest absolute Gasteiger partial charge is 0.465 e. The smallest absolute Gasteiger partial charge is 0.340 e. The van der Waals surface area contributed by atoms with Crippen molar-refractivity contribution >= 4 is 23.3 Å². The molecule has 1 aromatic rings. The highest BCUT2D eigenvalue weighted by Crippen LogP contribution is 2.24. The van der Waals surface area contributed by atoms with Crippen LogP contribution in [-0.2, 0) is 9.53 Å². The zero-order chi connectivity index (χ0) is 16.0. The molecule has 0 atom stereocenters. The van der Waals surface area contributed by atoms with Crippen LogP contribution in [0.4, 0.5) is 11.4 Å². The number of anilines is 2. The molecule has 0 aliphatic carbocycles. The Kier molecular flexibility index (Phi) is 5.58. The van der Waals surface area contributed by atoms with Crippen molar-refractivity contribution < 1.29 is 14.3 Å². The van der Waals surface area contributed by atoms with Crippen LogP contribution in [0.5, 0.6) is 0 Å². The number of ether oxygens (including phenoxy) is 1. The average Bonchev–Trinajstić information content (AvgIpc) is 2.37. The number of carbonyl (C=O) groups excluding carboxylic acids is 2. The highest BCUT2D eigenvalue weighted by molar-refractivity contribution is 5.98. The maximum absolute atomic E-state index is 11.7. The molecule has 1 rings (SSSR count). The number of rotatable bonds is 5. The lowest BCUT2D eigenvalue weighted by molar-refractivity contribution is -0.122. The summed E-state index contributed by atoms with van der Waals surface area (Å²) in [6.45, 7) is 6.13. The standard InChI is InChI=1S/C15H23N3O3/c1-15(2,3)18-12(19)8-9-17-13-10(14(20)21-4)6-5-7-11(13)16/h5-7,17H,8-9,16H2,1-4H3,(H,18,19). The molecule has 0 aliphatic heterocycles. The molecule has 116 valence electrons. The van der Waals surface area contributed by atoms with E-state index in [-0.39, 0.29) is 17.9 Å². The predicted octanol–water partition coefficient (Wildman–Crippen LogP) is 1.77. The molecular formula is C15H23N3O3. The fraction of sp³-hybridized carbons (Fsp3) is 0.467. The van der Waals surface area contributed by atoms with Crippen LogP contribution in [0, 0.1) is 0 Å². The summed E-state index contributed by atoms with van der Waals surface area (Å²) in [6, 6.07) is 4.99. The van der Waals surface area contributed by atoms with E-state index < -0.39 is 5.97 Å². The number of nitrogen functional groups attached to an aromatic ring is 1. The van der Waals surface area contributed by atoms with Crippen molar-refractivity contribution in [3.8, 4) is 0 Å². The summed E-state index contributed by atoms with van der Waals surface area (Å²) < 4.78 is 4.71. The fourth-order valence-electron chi connectivity index (χ4n) is 1.83. The molecule has 1 aromatic carbocycles. The Bertz CT molecular complexity index is 521. The van der Waals surface area contributed by atoms with Gasteiger partial charge in [-0.25, -0.2) is 4.79 Å². The topological polar surface area (TPSA) is 93.4 Å². The van der Waals surface area contributed by atoms with E-state index >= 15 is 0 Å². The van der Waals surface area contributed by atoms with Crippen LogP contribution in [-0.4, -0.2) is 31.1 Å². The normalized spacial score (nSPS) is 10.9. The van der Waals surface area contributed by atoms with Gasteiger partial charge in [0.2, 0.25) is 5.91 Å². The van der Waals surface area contributed by atoms with Crippen molar-refractivity contribution in [2.75, 3.05) is 24.7 Å². The molecule has 6 nitrogen and oxygen atoms in total. The van der Waals surface area contributed by atoms with Gasteiger partial charge in [-0.15, -0.1) is 0 Å². The second-order valence-corrected chi connectivity index (χ2v) is 5.74. The minimum absolute atomic E-state index is 0.0656. The molecule has 0 bridgehead atoms. The van der Waals surface area contributed by atoms with E-state index in [1.54, 1.807) is 18.2 Å². The van der Waals surface area contributed by atoms with Gasteiger partial charge in [-0.3, -0.25) is 4.79 Å². The van der Waals surface area contributed by atoms with E-state index in [1.807, 2.05) is 20.8 Å². The highest BCUT2D eigenvalue weighted by Gasteiger charge is 2.16. The number of nitrogens with two attached hydrogens (primary N) is 1. The third-order valence-electron chi connectivity index (χ3n) is 2.67. The Morgan fingerprint density at radius 2 is 1.95 bits per heavy atom. The number of hydrogen-bond donors (Lipinski definition) is 3. The van der Waals surface area contributed by atoms with Crippen molar-refractivity contribution in [2.45, 2.75) is 32.7 Å². The number of para-hydroxylation sites is 1. The minimum Gasteiger partial charge on any atom is -0.465 e. The van der Waals surface area contributed by atoms with Crippen molar-refractivity contribution in [2.24, 2.45) is 0 Å². The van der Waals surface area contributed by atoms with Crippen LogP contribution in [0.1, 0.15) is 37.6 Å². The van der Waals surface area contributed by atoms with Crippen molar-refractivity contribution in [1.82, 2.24) is 5.32 Å². The van der Waals surface area contributed by atoms with E-state index in [2.05, 4.69) is 10.6 Å². The molecule has 4 N–H and O–H groups in total. The zero-order valence-electron chi connectivity index (χ0n) is 12.9. The first kappa shape index (κ1) is 16.8. The second-order valence-electron chi connectivity index (χ2n) is 5.74. The van der Waals surface area contributed by atoms with Gasteiger partial charge >= 0.3 is 5.97 Å². The predicted molar refractivity (Wildman–Crippen MR) is 83.2 cm³/mol. The lowest BCUT2D eigenvalue weighted by atomic mass is 10.1. The van der Waals surface area contributed by atoms with Crippen LogP contribution >= 0.6 is 0 Å². The molecule has 0 heterocycles. The van der Waals surface area contributed by atoms with Crippen LogP contribution < -0.4 is 16.4 Å². The molecule has 0 unspecified atom stereocenters. The first-order valence-electron chi connectivity index (χ1n) is 6.76. The lowest BCUT2D eigenvalue weighted by Gasteiger charge is -2.20. The molecule has 0 saturated heterocycles. The number of esters is 1. The van der Waals surface area contributed by atoms with Gasteiger partial charge in [0.15, 0.2) is 0 Å². The quantitative estimate of drug-likeness (QED) is 0.568. The minimum atomic E-state index is -0.469. The van der Waals surface area contributed by atoms with Crippen LogP contribution in [0.15, 0.2) is 18.2 Å². The number of carbonyl (C=O) groups is 2. The van der Waals surface area contributed by atoms with Gasteiger partial charge in [0.05, 0.1) is 24.0 Å². The summed E-state index contributed by atoms with van der Waals surface area (Å²) in [5, 5.41) is 5.89. The maximum atomic E-state index is 11.7. The number of amides is 1. The Morgan fingerprint density at radius 3 is 2.52 bits per heavy atom. The van der Waals surface area contributed by atoms with E-state index in [4.69, 9.17) is 10.5 Å². The maximum Gasteiger partial charge on any atom is 0.340 e. The van der Waals surface area contributed by atoms with Gasteiger partial charge in [-0.1, -0.05) is 6.07 Å². The molecule has 0 fully saturated rings. The third-order valence-corrected chi connectivity index (χ3v) is 2.67. The molecule has 6 heteroatoms. The SMILES string of the molecule is COC(=O)c1cccc(N)c1NCCC(=O)NC(C)(C)C. The number of benzene rings is 1. The third kappa shape index (κ3) is 5.33. The first-order valence-corrected chi connectivity index (χ1v) is 6.76. The molecule has 0 aliphatic rings. The van der Waals surface area contributed by atoms with Gasteiger partial charge in [0.25, 0.3) is 0 Å². The van der Waals surface area contributed by atoms with Crippen LogP contribution in [0.25, 0.3) is 0 Å². The van der Waals surface area contributed by atoms with Gasteiger partial charge in [-0.2, -0.15) is 0 Å². The van der Waals surface area contributed by atoms with Gasteiger partial charge < -0.3 is 21.1 Å². The molecule has 21 heavy (non-hydrogen) atoms. The molecule has 0 aromatic heterocycles. The number of methoxy groups -OCH3 is 1. The highest BCUT2D eigenvalue weighted by atomic mass is 16.5. The van der Waals surface area contributed by atoms with Crippen molar-refractivity contribution in [1.29, 1.82) is 0 Å². The molecular weight excluding hydrogens is 270 g/mol. The monoisotopic (exact) mass is 293 g/mol. The van der Waals surface area contributed by atoms with Gasteiger partial charge in [0.1, 0.15) is 0 Å². The summed E-state index contributed by atoms with van der Waals surface area (Å²) in [5.41, 5.74) is 6.89. The summed E-state index contributed by atoms with van der Waals surface area (Å²) in [4.78, 5) is 23.4. The van der Waals surface area contributed by atoms with E-state index in [1.165, 1.54) is 7.11 Å². The summed E-state index contributed by atoms with van der Waals surface area (Å²) in [6.07, 6.45) is 0.284. The molecule has 1 amide bonds. The average molecular weight is 293 g/mol. The first-order chi connectivity index (χ1) is 9.74. The van der Waals surface area contributed by atoms with Crippen molar-refractivity contribution in [3.63, 3.8) is 0 Å². The summed E-state index contributed by atoms with van der Waals surface area (Å²) >= 11 is 0. The molecule has 0 saturated carbocycles. The Labute approximate surface area is 125 Å². The lowest BCUT2D eigenvalue weighted by Crippen LogP contribution is -2.41. The van der Waals surface area contributed by atoms with E-state index in [0.29, 0.717) is 23.5 Å². The summed E-state index contributed by atoms with van der Waals surface area (Å²) in [5.74, 6) is -0.534. The van der Waals surface area contributed by atoms with E-state index in [0.717, 1.165) is 0 Å². The Morgan fingerprint density at radius 1 is 1.29 bits per heavy atom. The van der Waals surface area contributed by atoms with Gasteiger partial charge in [0, 0.05) is 18.5 Å².